The van der Waals surface area contributed by atoms with Crippen molar-refractivity contribution in [1.29, 1.82) is 0 Å². The first-order chi connectivity index (χ1) is 9.44. The van der Waals surface area contributed by atoms with Crippen LogP contribution in [0.1, 0.15) is 33.3 Å². The second kappa shape index (κ2) is 7.70. The Morgan fingerprint density at radius 1 is 1.30 bits per heavy atom. The Bertz CT molecular complexity index is 422. The summed E-state index contributed by atoms with van der Waals surface area (Å²) in [6, 6.07) is 9.46. The van der Waals surface area contributed by atoms with Crippen LogP contribution >= 0.6 is 11.8 Å². The average Bonchev–Trinajstić information content (AvgIpc) is 2.43. The van der Waals surface area contributed by atoms with Crippen LogP contribution in [0.5, 0.6) is 0 Å². The summed E-state index contributed by atoms with van der Waals surface area (Å²) in [7, 11) is 0. The van der Waals surface area contributed by atoms with Crippen LogP contribution < -0.4 is 5.32 Å². The molecule has 0 bridgehead atoms. The van der Waals surface area contributed by atoms with Gasteiger partial charge in [0.1, 0.15) is 0 Å². The number of hydrogen-bond donors (Lipinski definition) is 2. The zero-order chi connectivity index (χ0) is 15.2. The number of likely N-dealkylation sites (N-methyl/N-ethyl adjacent to an activating group) is 1. The van der Waals surface area contributed by atoms with Gasteiger partial charge in [-0.25, -0.2) is 4.79 Å². The van der Waals surface area contributed by atoms with Gasteiger partial charge in [-0.15, -0.1) is 0 Å². The molecule has 0 aliphatic rings. The molecule has 4 heteroatoms. The zero-order valence-corrected chi connectivity index (χ0v) is 13.5. The minimum Gasteiger partial charge on any atom is -0.480 e. The van der Waals surface area contributed by atoms with Crippen molar-refractivity contribution in [2.75, 3.05) is 12.3 Å². The molecule has 20 heavy (non-hydrogen) atoms. The van der Waals surface area contributed by atoms with E-state index in [4.69, 9.17) is 0 Å². The van der Waals surface area contributed by atoms with Gasteiger partial charge in [0.25, 0.3) is 0 Å². The second-order valence-corrected chi connectivity index (χ2v) is 6.73. The molecule has 0 aliphatic carbocycles. The molecule has 0 spiro atoms. The molecule has 0 aromatic heterocycles. The molecule has 0 aliphatic heterocycles. The molecule has 0 saturated carbocycles. The maximum Gasteiger partial charge on any atom is 0.329 e. The van der Waals surface area contributed by atoms with Gasteiger partial charge in [-0.3, -0.25) is 5.32 Å². The van der Waals surface area contributed by atoms with E-state index >= 15 is 0 Å². The van der Waals surface area contributed by atoms with Gasteiger partial charge in [-0.05, 0) is 18.0 Å². The lowest BCUT2D eigenvalue weighted by molar-refractivity contribution is -0.144. The summed E-state index contributed by atoms with van der Waals surface area (Å²) in [4.78, 5) is 11.9. The van der Waals surface area contributed by atoms with Gasteiger partial charge in [-0.2, -0.15) is 11.8 Å². The minimum atomic E-state index is -1.01. The first kappa shape index (κ1) is 17.1. The van der Waals surface area contributed by atoms with Crippen molar-refractivity contribution in [3.63, 3.8) is 0 Å². The van der Waals surface area contributed by atoms with Gasteiger partial charge in [0.15, 0.2) is 5.54 Å². The standard InChI is InChI=1S/C16H25NO2S/c1-5-17-16(15(18)19,11-20-13(4)12(2)3)14-9-7-6-8-10-14/h6-10,12-13,17H,5,11H2,1-4H3,(H,18,19). The molecule has 1 aromatic carbocycles. The van der Waals surface area contributed by atoms with Crippen molar-refractivity contribution < 1.29 is 9.90 Å². The maximum atomic E-state index is 11.9. The Hall–Kier alpha value is -1.00. The van der Waals surface area contributed by atoms with Crippen molar-refractivity contribution in [3.05, 3.63) is 35.9 Å². The highest BCUT2D eigenvalue weighted by Crippen LogP contribution is 2.30. The molecular weight excluding hydrogens is 270 g/mol. The number of nitrogens with one attached hydrogen (secondary N) is 1. The number of carboxylic acids is 1. The van der Waals surface area contributed by atoms with Crippen LogP contribution in [0.3, 0.4) is 0 Å². The summed E-state index contributed by atoms with van der Waals surface area (Å²) >= 11 is 1.71. The van der Waals surface area contributed by atoms with Crippen LogP contribution in [-0.2, 0) is 10.3 Å². The van der Waals surface area contributed by atoms with Crippen LogP contribution in [-0.4, -0.2) is 28.6 Å². The van der Waals surface area contributed by atoms with Crippen molar-refractivity contribution in [3.8, 4) is 0 Å². The third kappa shape index (κ3) is 4.00. The Labute approximate surface area is 126 Å². The third-order valence-electron chi connectivity index (χ3n) is 3.61. The van der Waals surface area contributed by atoms with E-state index in [1.165, 1.54) is 0 Å². The van der Waals surface area contributed by atoms with E-state index in [-0.39, 0.29) is 0 Å². The van der Waals surface area contributed by atoms with Gasteiger partial charge in [-0.1, -0.05) is 58.0 Å². The summed E-state index contributed by atoms with van der Waals surface area (Å²) in [6.45, 7) is 9.04. The average molecular weight is 295 g/mol. The van der Waals surface area contributed by atoms with E-state index in [1.54, 1.807) is 11.8 Å². The quantitative estimate of drug-likeness (QED) is 0.772. The van der Waals surface area contributed by atoms with Crippen LogP contribution in [0.25, 0.3) is 0 Å². The van der Waals surface area contributed by atoms with Crippen LogP contribution in [0.15, 0.2) is 30.3 Å². The van der Waals surface area contributed by atoms with Crippen LogP contribution in [0.2, 0.25) is 0 Å². The van der Waals surface area contributed by atoms with E-state index < -0.39 is 11.5 Å². The number of rotatable bonds is 8. The Morgan fingerprint density at radius 3 is 2.35 bits per heavy atom. The first-order valence-electron chi connectivity index (χ1n) is 7.09. The normalized spacial score (nSPS) is 15.8. The monoisotopic (exact) mass is 295 g/mol. The maximum absolute atomic E-state index is 11.9. The lowest BCUT2D eigenvalue weighted by Crippen LogP contribution is -2.51. The van der Waals surface area contributed by atoms with Crippen molar-refractivity contribution in [2.24, 2.45) is 5.92 Å². The summed E-state index contributed by atoms with van der Waals surface area (Å²) in [6.07, 6.45) is 0. The topological polar surface area (TPSA) is 49.3 Å². The SMILES string of the molecule is CCNC(CSC(C)C(C)C)(C(=O)O)c1ccccc1. The fourth-order valence-corrected chi connectivity index (χ4v) is 3.26. The summed E-state index contributed by atoms with van der Waals surface area (Å²) in [5.74, 6) is 0.248. The number of thioether (sulfide) groups is 1. The third-order valence-corrected chi connectivity index (χ3v) is 5.28. The Kier molecular flexibility index (Phi) is 6.56. The number of carboxylic acid groups (broad SMARTS) is 1. The van der Waals surface area contributed by atoms with E-state index in [9.17, 15) is 9.90 Å². The van der Waals surface area contributed by atoms with Gasteiger partial charge in [0.05, 0.1) is 0 Å². The lowest BCUT2D eigenvalue weighted by atomic mass is 9.92. The first-order valence-corrected chi connectivity index (χ1v) is 8.14. The number of hydrogen-bond acceptors (Lipinski definition) is 3. The van der Waals surface area contributed by atoms with E-state index in [0.717, 1.165) is 5.56 Å². The van der Waals surface area contributed by atoms with E-state index in [2.05, 4.69) is 26.1 Å². The number of aliphatic carboxylic acids is 1. The highest BCUT2D eigenvalue weighted by molar-refractivity contribution is 8.00. The number of benzene rings is 1. The molecule has 0 fully saturated rings. The highest BCUT2D eigenvalue weighted by atomic mass is 32.2. The molecule has 112 valence electrons. The predicted octanol–water partition coefficient (Wildman–Crippen LogP) is 3.35. The molecule has 1 aromatic rings. The van der Waals surface area contributed by atoms with Crippen LogP contribution in [0.4, 0.5) is 0 Å². The van der Waals surface area contributed by atoms with Crippen molar-refractivity contribution >= 4 is 17.7 Å². The molecule has 0 radical (unpaired) electrons. The molecule has 2 N–H and O–H groups in total. The Balaban J connectivity index is 3.03. The molecule has 0 amide bonds. The fraction of sp³-hybridized carbons (Fsp3) is 0.562. The number of carbonyl (C=O) groups is 1. The van der Waals surface area contributed by atoms with Gasteiger partial charge >= 0.3 is 5.97 Å². The summed E-state index contributed by atoms with van der Waals surface area (Å²) < 4.78 is 0. The summed E-state index contributed by atoms with van der Waals surface area (Å²) in [5.41, 5.74) is -0.193. The largest absolute Gasteiger partial charge is 0.480 e. The molecule has 2 atom stereocenters. The molecule has 0 saturated heterocycles. The predicted molar refractivity (Wildman–Crippen MR) is 86.2 cm³/mol. The zero-order valence-electron chi connectivity index (χ0n) is 12.7. The summed E-state index contributed by atoms with van der Waals surface area (Å²) in [5, 5.41) is 13.4. The highest BCUT2D eigenvalue weighted by Gasteiger charge is 2.40. The van der Waals surface area contributed by atoms with Gasteiger partial charge in [0, 0.05) is 11.0 Å². The van der Waals surface area contributed by atoms with Gasteiger partial charge in [0.2, 0.25) is 0 Å². The molecule has 1 rings (SSSR count). The molecule has 3 nitrogen and oxygen atoms in total. The van der Waals surface area contributed by atoms with Crippen molar-refractivity contribution in [2.45, 2.75) is 38.5 Å². The molecule has 2 unspecified atom stereocenters. The smallest absolute Gasteiger partial charge is 0.329 e. The van der Waals surface area contributed by atoms with E-state index in [1.807, 2.05) is 37.3 Å². The van der Waals surface area contributed by atoms with Gasteiger partial charge < -0.3 is 5.11 Å². The fourth-order valence-electron chi connectivity index (χ4n) is 1.97. The lowest BCUT2D eigenvalue weighted by Gasteiger charge is -2.32. The van der Waals surface area contributed by atoms with Crippen molar-refractivity contribution in [1.82, 2.24) is 5.32 Å². The minimum absolute atomic E-state index is 0.427. The van der Waals surface area contributed by atoms with E-state index in [0.29, 0.717) is 23.5 Å². The van der Waals surface area contributed by atoms with Crippen LogP contribution in [0, 0.1) is 5.92 Å². The second-order valence-electron chi connectivity index (χ2n) is 5.37. The Morgan fingerprint density at radius 2 is 1.90 bits per heavy atom. The molecular formula is C16H25NO2S. The molecule has 0 heterocycles.